The van der Waals surface area contributed by atoms with E-state index in [9.17, 15) is 4.79 Å². The van der Waals surface area contributed by atoms with Crippen molar-refractivity contribution < 1.29 is 4.79 Å². The van der Waals surface area contributed by atoms with Gasteiger partial charge in [0.05, 0.1) is 5.54 Å². The lowest BCUT2D eigenvalue weighted by Gasteiger charge is -2.33. The first-order chi connectivity index (χ1) is 8.13. The van der Waals surface area contributed by atoms with Crippen molar-refractivity contribution in [3.63, 3.8) is 0 Å². The zero-order valence-electron chi connectivity index (χ0n) is 10.2. The molecule has 1 amide bonds. The zero-order chi connectivity index (χ0) is 12.3. The van der Waals surface area contributed by atoms with Crippen LogP contribution in [0.25, 0.3) is 0 Å². The molecule has 0 aliphatic heterocycles. The number of carbonyl (C=O) groups is 1. The van der Waals surface area contributed by atoms with Crippen LogP contribution in [0, 0.1) is 5.92 Å². The minimum Gasteiger partial charge on any atom is -0.368 e. The van der Waals surface area contributed by atoms with E-state index in [2.05, 4.69) is 11.4 Å². The molecule has 3 nitrogen and oxygen atoms in total. The summed E-state index contributed by atoms with van der Waals surface area (Å²) >= 11 is 1.70. The van der Waals surface area contributed by atoms with Crippen LogP contribution < -0.4 is 11.1 Å². The molecule has 4 heteroatoms. The standard InChI is InChI=1S/C13H20N2OS/c1-13(12(14)16,10-5-2-3-6-10)15-9-11-7-4-8-17-11/h4,7-8,10,15H,2-3,5-6,9H2,1H3,(H2,14,16). The number of rotatable bonds is 5. The van der Waals surface area contributed by atoms with E-state index in [-0.39, 0.29) is 5.91 Å². The summed E-state index contributed by atoms with van der Waals surface area (Å²) in [5.41, 5.74) is 5.04. The number of thiophene rings is 1. The summed E-state index contributed by atoms with van der Waals surface area (Å²) in [5, 5.41) is 5.43. The fraction of sp³-hybridized carbons (Fsp3) is 0.615. The van der Waals surface area contributed by atoms with E-state index in [1.54, 1.807) is 11.3 Å². The Balaban J connectivity index is 2.03. The van der Waals surface area contributed by atoms with Gasteiger partial charge in [-0.3, -0.25) is 10.1 Å². The Kier molecular flexibility index (Phi) is 3.84. The molecule has 2 rings (SSSR count). The maximum absolute atomic E-state index is 11.7. The Morgan fingerprint density at radius 1 is 1.59 bits per heavy atom. The lowest BCUT2D eigenvalue weighted by molar-refractivity contribution is -0.126. The zero-order valence-corrected chi connectivity index (χ0v) is 11.1. The van der Waals surface area contributed by atoms with Crippen LogP contribution in [-0.4, -0.2) is 11.4 Å². The highest BCUT2D eigenvalue weighted by atomic mass is 32.1. The number of hydrogen-bond acceptors (Lipinski definition) is 3. The number of hydrogen-bond donors (Lipinski definition) is 2. The minimum atomic E-state index is -0.555. The van der Waals surface area contributed by atoms with E-state index in [1.807, 2.05) is 18.4 Å². The summed E-state index contributed by atoms with van der Waals surface area (Å²) in [6.07, 6.45) is 4.65. The van der Waals surface area contributed by atoms with E-state index in [0.29, 0.717) is 5.92 Å². The topological polar surface area (TPSA) is 55.1 Å². The van der Waals surface area contributed by atoms with E-state index in [1.165, 1.54) is 17.7 Å². The molecule has 1 unspecified atom stereocenters. The van der Waals surface area contributed by atoms with Crippen LogP contribution in [0.15, 0.2) is 17.5 Å². The van der Waals surface area contributed by atoms with Crippen molar-refractivity contribution >= 4 is 17.2 Å². The molecule has 1 atom stereocenters. The molecule has 0 bridgehead atoms. The third kappa shape index (κ3) is 2.69. The molecule has 1 aliphatic rings. The molecule has 0 radical (unpaired) electrons. The van der Waals surface area contributed by atoms with Gasteiger partial charge in [0.2, 0.25) is 5.91 Å². The van der Waals surface area contributed by atoms with Crippen LogP contribution in [0.4, 0.5) is 0 Å². The Morgan fingerprint density at radius 2 is 2.29 bits per heavy atom. The fourth-order valence-corrected chi connectivity index (χ4v) is 3.26. The molecular formula is C13H20N2OS. The number of carbonyl (C=O) groups excluding carboxylic acids is 1. The first-order valence-corrected chi connectivity index (χ1v) is 7.08. The van der Waals surface area contributed by atoms with Gasteiger partial charge in [0.25, 0.3) is 0 Å². The minimum absolute atomic E-state index is 0.221. The highest BCUT2D eigenvalue weighted by molar-refractivity contribution is 7.09. The molecule has 1 aromatic heterocycles. The van der Waals surface area contributed by atoms with E-state index in [4.69, 9.17) is 5.73 Å². The molecule has 1 aliphatic carbocycles. The quantitative estimate of drug-likeness (QED) is 0.844. The molecule has 1 saturated carbocycles. The van der Waals surface area contributed by atoms with Gasteiger partial charge >= 0.3 is 0 Å². The van der Waals surface area contributed by atoms with Crippen molar-refractivity contribution in [1.29, 1.82) is 0 Å². The van der Waals surface area contributed by atoms with Gasteiger partial charge in [0.15, 0.2) is 0 Å². The molecule has 0 saturated heterocycles. The van der Waals surface area contributed by atoms with Gasteiger partial charge in [-0.15, -0.1) is 11.3 Å². The molecular weight excluding hydrogens is 232 g/mol. The van der Waals surface area contributed by atoms with Crippen molar-refractivity contribution in [2.45, 2.75) is 44.7 Å². The van der Waals surface area contributed by atoms with E-state index >= 15 is 0 Å². The highest BCUT2D eigenvalue weighted by Crippen LogP contribution is 2.34. The molecule has 1 heterocycles. The average molecular weight is 252 g/mol. The maximum Gasteiger partial charge on any atom is 0.237 e. The SMILES string of the molecule is CC(NCc1cccs1)(C(N)=O)C1CCCC1. The summed E-state index contributed by atoms with van der Waals surface area (Å²) in [6, 6.07) is 4.10. The Bertz CT molecular complexity index is 371. The molecule has 0 aromatic carbocycles. The first-order valence-electron chi connectivity index (χ1n) is 6.20. The molecule has 17 heavy (non-hydrogen) atoms. The van der Waals surface area contributed by atoms with Gasteiger partial charge in [-0.05, 0) is 37.1 Å². The van der Waals surface area contributed by atoms with Crippen molar-refractivity contribution in [3.8, 4) is 0 Å². The van der Waals surface area contributed by atoms with Crippen molar-refractivity contribution in [2.24, 2.45) is 11.7 Å². The van der Waals surface area contributed by atoms with Gasteiger partial charge in [0, 0.05) is 11.4 Å². The second kappa shape index (κ2) is 5.19. The third-order valence-electron chi connectivity index (χ3n) is 3.89. The van der Waals surface area contributed by atoms with E-state index < -0.39 is 5.54 Å². The summed E-state index contributed by atoms with van der Waals surface area (Å²) in [6.45, 7) is 2.69. The maximum atomic E-state index is 11.7. The first kappa shape index (κ1) is 12.6. The van der Waals surface area contributed by atoms with Crippen LogP contribution in [0.2, 0.25) is 0 Å². The Labute approximate surface area is 106 Å². The van der Waals surface area contributed by atoms with Crippen LogP contribution in [0.3, 0.4) is 0 Å². The van der Waals surface area contributed by atoms with Gasteiger partial charge < -0.3 is 5.73 Å². The van der Waals surface area contributed by atoms with Crippen LogP contribution >= 0.6 is 11.3 Å². The van der Waals surface area contributed by atoms with Crippen molar-refractivity contribution in [3.05, 3.63) is 22.4 Å². The third-order valence-corrected chi connectivity index (χ3v) is 4.77. The fourth-order valence-electron chi connectivity index (χ4n) is 2.62. The average Bonchev–Trinajstić information content (AvgIpc) is 2.98. The second-order valence-electron chi connectivity index (χ2n) is 4.98. The molecule has 1 fully saturated rings. The number of amides is 1. The predicted octanol–water partition coefficient (Wildman–Crippen LogP) is 2.27. The molecule has 3 N–H and O–H groups in total. The van der Waals surface area contributed by atoms with Crippen LogP contribution in [-0.2, 0) is 11.3 Å². The Hall–Kier alpha value is -0.870. The van der Waals surface area contributed by atoms with Gasteiger partial charge in [-0.1, -0.05) is 18.9 Å². The summed E-state index contributed by atoms with van der Waals surface area (Å²) in [4.78, 5) is 13.0. The second-order valence-corrected chi connectivity index (χ2v) is 6.01. The summed E-state index contributed by atoms with van der Waals surface area (Å²) in [7, 11) is 0. The number of nitrogens with two attached hydrogens (primary N) is 1. The van der Waals surface area contributed by atoms with Crippen molar-refractivity contribution in [1.82, 2.24) is 5.32 Å². The highest BCUT2D eigenvalue weighted by Gasteiger charge is 2.40. The Morgan fingerprint density at radius 3 is 2.82 bits per heavy atom. The van der Waals surface area contributed by atoms with Crippen molar-refractivity contribution in [2.75, 3.05) is 0 Å². The number of nitrogens with one attached hydrogen (secondary N) is 1. The predicted molar refractivity (Wildman–Crippen MR) is 70.7 cm³/mol. The molecule has 0 spiro atoms. The lowest BCUT2D eigenvalue weighted by atomic mass is 9.83. The van der Waals surface area contributed by atoms with E-state index in [0.717, 1.165) is 19.4 Å². The van der Waals surface area contributed by atoms with Crippen LogP contribution in [0.1, 0.15) is 37.5 Å². The van der Waals surface area contributed by atoms with Crippen LogP contribution in [0.5, 0.6) is 0 Å². The normalized spacial score (nSPS) is 20.3. The smallest absolute Gasteiger partial charge is 0.237 e. The van der Waals surface area contributed by atoms with Gasteiger partial charge in [-0.2, -0.15) is 0 Å². The molecule has 94 valence electrons. The molecule has 1 aromatic rings. The van der Waals surface area contributed by atoms with Gasteiger partial charge in [0.1, 0.15) is 0 Å². The summed E-state index contributed by atoms with van der Waals surface area (Å²) in [5.74, 6) is 0.168. The van der Waals surface area contributed by atoms with Gasteiger partial charge in [-0.25, -0.2) is 0 Å². The number of primary amides is 1. The lowest BCUT2D eigenvalue weighted by Crippen LogP contribution is -2.57. The largest absolute Gasteiger partial charge is 0.368 e. The monoisotopic (exact) mass is 252 g/mol. The summed E-state index contributed by atoms with van der Waals surface area (Å²) < 4.78 is 0.